The molecule has 0 atom stereocenters. The van der Waals surface area contributed by atoms with Gasteiger partial charge in [0, 0.05) is 17.1 Å². The van der Waals surface area contributed by atoms with Crippen molar-refractivity contribution in [1.29, 1.82) is 0 Å². The smallest absolute Gasteiger partial charge is 0.358 e. The lowest BCUT2D eigenvalue weighted by molar-refractivity contribution is 0.0691. The number of aryl methyl sites for hydroxylation is 1. The number of carbonyl (C=O) groups is 1. The zero-order chi connectivity index (χ0) is 15.2. The molecule has 1 aromatic carbocycles. The molecule has 1 aromatic heterocycles. The van der Waals surface area contributed by atoms with Gasteiger partial charge in [0.15, 0.2) is 5.69 Å². The van der Waals surface area contributed by atoms with E-state index >= 15 is 0 Å². The lowest BCUT2D eigenvalue weighted by Crippen LogP contribution is -2.05. The Bertz CT molecular complexity index is 608. The summed E-state index contributed by atoms with van der Waals surface area (Å²) in [5, 5.41) is 17.7. The molecule has 0 aliphatic rings. The van der Waals surface area contributed by atoms with Crippen LogP contribution in [0.2, 0.25) is 5.02 Å². The number of hydrogen-bond acceptors (Lipinski definition) is 3. The Hall–Kier alpha value is -1.88. The van der Waals surface area contributed by atoms with Gasteiger partial charge in [0.05, 0.1) is 0 Å². The molecular formula is C15H18ClN3O2. The normalized spacial score (nSPS) is 10.8. The molecule has 0 spiro atoms. The summed E-state index contributed by atoms with van der Waals surface area (Å²) in [6.45, 7) is 2.81. The minimum absolute atomic E-state index is 0.0205. The summed E-state index contributed by atoms with van der Waals surface area (Å²) < 4.78 is 1.67. The second-order valence-electron chi connectivity index (χ2n) is 4.88. The highest BCUT2D eigenvalue weighted by atomic mass is 35.5. The van der Waals surface area contributed by atoms with Crippen LogP contribution in [0.15, 0.2) is 24.3 Å². The predicted octanol–water partition coefficient (Wildman–Crippen LogP) is 3.88. The van der Waals surface area contributed by atoms with Crippen LogP contribution >= 0.6 is 11.6 Å². The van der Waals surface area contributed by atoms with Crippen molar-refractivity contribution in [3.8, 4) is 11.3 Å². The molecule has 0 bridgehead atoms. The summed E-state index contributed by atoms with van der Waals surface area (Å²) >= 11 is 5.88. The van der Waals surface area contributed by atoms with Gasteiger partial charge in [-0.1, -0.05) is 55.1 Å². The van der Waals surface area contributed by atoms with Crippen LogP contribution in [0.5, 0.6) is 0 Å². The molecule has 6 heteroatoms. The number of nitrogens with zero attached hydrogens (tertiary/aromatic N) is 3. The first-order chi connectivity index (χ1) is 10.1. The van der Waals surface area contributed by atoms with E-state index in [-0.39, 0.29) is 5.69 Å². The Morgan fingerprint density at radius 3 is 2.57 bits per heavy atom. The van der Waals surface area contributed by atoms with Gasteiger partial charge in [-0.25, -0.2) is 9.48 Å². The zero-order valence-electron chi connectivity index (χ0n) is 11.9. The zero-order valence-corrected chi connectivity index (χ0v) is 12.7. The molecule has 2 aromatic rings. The molecule has 21 heavy (non-hydrogen) atoms. The molecule has 0 aliphatic heterocycles. The fourth-order valence-corrected chi connectivity index (χ4v) is 2.32. The molecular weight excluding hydrogens is 290 g/mol. The summed E-state index contributed by atoms with van der Waals surface area (Å²) in [5.74, 6) is -1.07. The van der Waals surface area contributed by atoms with Crippen molar-refractivity contribution in [1.82, 2.24) is 15.0 Å². The SMILES string of the molecule is CCCCCCn1nnc(C(=O)O)c1-c1ccc(Cl)cc1. The quantitative estimate of drug-likeness (QED) is 0.788. The second-order valence-corrected chi connectivity index (χ2v) is 5.32. The largest absolute Gasteiger partial charge is 0.476 e. The number of hydrogen-bond donors (Lipinski definition) is 1. The number of carboxylic acid groups (broad SMARTS) is 1. The van der Waals surface area contributed by atoms with Gasteiger partial charge in [0.25, 0.3) is 0 Å². The molecule has 0 fully saturated rings. The third kappa shape index (κ3) is 3.82. The van der Waals surface area contributed by atoms with Gasteiger partial charge in [-0.3, -0.25) is 0 Å². The maximum absolute atomic E-state index is 11.3. The van der Waals surface area contributed by atoms with Gasteiger partial charge in [0.2, 0.25) is 0 Å². The first-order valence-corrected chi connectivity index (χ1v) is 7.44. The number of rotatable bonds is 7. The Balaban J connectivity index is 2.29. The highest BCUT2D eigenvalue weighted by molar-refractivity contribution is 6.30. The lowest BCUT2D eigenvalue weighted by atomic mass is 10.1. The predicted molar refractivity (Wildman–Crippen MR) is 81.6 cm³/mol. The van der Waals surface area contributed by atoms with E-state index in [9.17, 15) is 9.90 Å². The van der Waals surface area contributed by atoms with Crippen molar-refractivity contribution in [2.45, 2.75) is 39.2 Å². The minimum atomic E-state index is -1.07. The highest BCUT2D eigenvalue weighted by Gasteiger charge is 2.20. The van der Waals surface area contributed by atoms with Gasteiger partial charge in [0.1, 0.15) is 5.69 Å². The van der Waals surface area contributed by atoms with Crippen LogP contribution in [0.3, 0.4) is 0 Å². The molecule has 1 heterocycles. The molecule has 5 nitrogen and oxygen atoms in total. The molecule has 0 saturated carbocycles. The van der Waals surface area contributed by atoms with Crippen molar-refractivity contribution in [3.63, 3.8) is 0 Å². The van der Waals surface area contributed by atoms with Crippen molar-refractivity contribution in [2.24, 2.45) is 0 Å². The van der Waals surface area contributed by atoms with E-state index in [4.69, 9.17) is 11.6 Å². The number of aromatic nitrogens is 3. The molecule has 0 radical (unpaired) electrons. The van der Waals surface area contributed by atoms with Crippen molar-refractivity contribution >= 4 is 17.6 Å². The topological polar surface area (TPSA) is 68.0 Å². The van der Waals surface area contributed by atoms with Crippen molar-refractivity contribution < 1.29 is 9.90 Å². The molecule has 0 aliphatic carbocycles. The van der Waals surface area contributed by atoms with Crippen LogP contribution in [0.1, 0.15) is 43.1 Å². The molecule has 0 saturated heterocycles. The molecule has 112 valence electrons. The molecule has 2 rings (SSSR count). The average Bonchev–Trinajstić information content (AvgIpc) is 2.88. The fourth-order valence-electron chi connectivity index (χ4n) is 2.20. The first-order valence-electron chi connectivity index (χ1n) is 7.06. The van der Waals surface area contributed by atoms with E-state index in [2.05, 4.69) is 17.2 Å². The minimum Gasteiger partial charge on any atom is -0.476 e. The second kappa shape index (κ2) is 7.22. The van der Waals surface area contributed by atoms with Crippen LogP contribution in [0.25, 0.3) is 11.3 Å². The van der Waals surface area contributed by atoms with E-state index in [1.54, 1.807) is 28.9 Å². The number of unbranched alkanes of at least 4 members (excludes halogenated alkanes) is 3. The summed E-state index contributed by atoms with van der Waals surface area (Å²) in [5.41, 5.74) is 1.28. The van der Waals surface area contributed by atoms with Gasteiger partial charge in [-0.2, -0.15) is 0 Å². The maximum Gasteiger partial charge on any atom is 0.358 e. The summed E-state index contributed by atoms with van der Waals surface area (Å²) in [6, 6.07) is 7.04. The van der Waals surface area contributed by atoms with E-state index in [0.717, 1.165) is 31.2 Å². The van der Waals surface area contributed by atoms with E-state index in [1.807, 2.05) is 0 Å². The van der Waals surface area contributed by atoms with Crippen molar-refractivity contribution in [3.05, 3.63) is 35.0 Å². The Labute approximate surface area is 128 Å². The van der Waals surface area contributed by atoms with Gasteiger partial charge < -0.3 is 5.11 Å². The summed E-state index contributed by atoms with van der Waals surface area (Å²) in [6.07, 6.45) is 4.37. The monoisotopic (exact) mass is 307 g/mol. The van der Waals surface area contributed by atoms with Gasteiger partial charge in [-0.15, -0.1) is 5.10 Å². The Morgan fingerprint density at radius 2 is 1.95 bits per heavy atom. The first kappa shape index (κ1) is 15.5. The lowest BCUT2D eigenvalue weighted by Gasteiger charge is -2.07. The summed E-state index contributed by atoms with van der Waals surface area (Å²) in [4.78, 5) is 11.3. The van der Waals surface area contributed by atoms with Crippen LogP contribution in [-0.2, 0) is 6.54 Å². The van der Waals surface area contributed by atoms with Gasteiger partial charge in [-0.05, 0) is 18.6 Å². The van der Waals surface area contributed by atoms with E-state index < -0.39 is 5.97 Å². The fraction of sp³-hybridized carbons (Fsp3) is 0.400. The number of benzene rings is 1. The highest BCUT2D eigenvalue weighted by Crippen LogP contribution is 2.24. The van der Waals surface area contributed by atoms with Crippen LogP contribution in [0.4, 0.5) is 0 Å². The number of aromatic carboxylic acids is 1. The molecule has 0 amide bonds. The number of halogens is 1. The van der Waals surface area contributed by atoms with Crippen LogP contribution in [-0.4, -0.2) is 26.1 Å². The van der Waals surface area contributed by atoms with Crippen LogP contribution < -0.4 is 0 Å². The molecule has 0 unspecified atom stereocenters. The molecule has 1 N–H and O–H groups in total. The maximum atomic E-state index is 11.3. The van der Waals surface area contributed by atoms with Crippen molar-refractivity contribution in [2.75, 3.05) is 0 Å². The van der Waals surface area contributed by atoms with Gasteiger partial charge >= 0.3 is 5.97 Å². The third-order valence-electron chi connectivity index (χ3n) is 3.28. The van der Waals surface area contributed by atoms with E-state index in [1.165, 1.54) is 0 Å². The van der Waals surface area contributed by atoms with Crippen LogP contribution in [0, 0.1) is 0 Å². The average molecular weight is 308 g/mol. The summed E-state index contributed by atoms with van der Waals surface area (Å²) in [7, 11) is 0. The standard InChI is InChI=1S/C15H18ClN3O2/c1-2-3-4-5-10-19-14(13(15(20)21)17-18-19)11-6-8-12(16)9-7-11/h6-9H,2-5,10H2,1H3,(H,20,21). The Kier molecular flexibility index (Phi) is 5.33. The number of carboxylic acids is 1. The Morgan fingerprint density at radius 1 is 1.24 bits per heavy atom. The third-order valence-corrected chi connectivity index (χ3v) is 3.53. The van der Waals surface area contributed by atoms with E-state index in [0.29, 0.717) is 17.3 Å².